The smallest absolute Gasteiger partial charge is 0.0385 e. The van der Waals surface area contributed by atoms with Crippen LogP contribution < -0.4 is 10.9 Å². The zero-order valence-corrected chi connectivity index (χ0v) is 6.89. The molecule has 0 fully saturated rings. The Morgan fingerprint density at radius 2 is 1.83 bits per heavy atom. The van der Waals surface area contributed by atoms with Gasteiger partial charge in [-0.25, -0.2) is 0 Å². The van der Waals surface area contributed by atoms with Crippen LogP contribution in [0.15, 0.2) is 30.3 Å². The van der Waals surface area contributed by atoms with Crippen LogP contribution in [0.25, 0.3) is 0 Å². The van der Waals surface area contributed by atoms with Crippen molar-refractivity contribution in [3.8, 4) is 0 Å². The van der Waals surface area contributed by atoms with Crippen LogP contribution in [0.2, 0.25) is 0 Å². The van der Waals surface area contributed by atoms with E-state index in [1.807, 2.05) is 30.3 Å². The molecule has 0 unspecified atom stereocenters. The number of halogens is 1. The largest absolute Gasteiger partial charge is 0.311 e. The summed E-state index contributed by atoms with van der Waals surface area (Å²) >= 11 is 0. The first-order valence-electron chi connectivity index (χ1n) is 4.01. The summed E-state index contributed by atoms with van der Waals surface area (Å²) in [6.07, 6.45) is 0. The van der Waals surface area contributed by atoms with Crippen LogP contribution in [0.5, 0.6) is 0 Å². The van der Waals surface area contributed by atoms with Crippen LogP contribution in [-0.4, -0.2) is 13.1 Å². The summed E-state index contributed by atoms with van der Waals surface area (Å²) in [5.74, 6) is 0. The Bertz CT molecular complexity index is 201. The molecule has 0 bridgehead atoms. The van der Waals surface area contributed by atoms with Crippen molar-refractivity contribution in [3.05, 3.63) is 35.9 Å². The number of rotatable bonds is 5. The zero-order valence-electron chi connectivity index (χ0n) is 6.89. The molecule has 0 heterocycles. The number of nitrogens with one attached hydrogen (secondary N) is 2. The molecule has 1 aromatic rings. The fourth-order valence-electron chi connectivity index (χ4n) is 0.964. The number of hydrogen-bond acceptors (Lipinski definition) is 2. The van der Waals surface area contributed by atoms with Gasteiger partial charge in [-0.2, -0.15) is 5.54 Å². The van der Waals surface area contributed by atoms with Gasteiger partial charge in [-0.1, -0.05) is 30.3 Å². The third-order valence-electron chi connectivity index (χ3n) is 1.57. The summed E-state index contributed by atoms with van der Waals surface area (Å²) in [7, 11) is 0. The molecule has 0 saturated heterocycles. The Labute approximate surface area is 71.7 Å². The molecule has 1 aromatic carbocycles. The first-order valence-corrected chi connectivity index (χ1v) is 4.01. The van der Waals surface area contributed by atoms with Crippen molar-refractivity contribution in [2.75, 3.05) is 13.1 Å². The van der Waals surface area contributed by atoms with Gasteiger partial charge in [0, 0.05) is 19.6 Å². The van der Waals surface area contributed by atoms with Gasteiger partial charge in [0.1, 0.15) is 0 Å². The van der Waals surface area contributed by atoms with E-state index in [2.05, 4.69) is 5.32 Å². The molecule has 0 atom stereocenters. The second-order valence-electron chi connectivity index (χ2n) is 2.55. The molecule has 0 aliphatic heterocycles. The van der Waals surface area contributed by atoms with E-state index in [4.69, 9.17) is 0 Å². The van der Waals surface area contributed by atoms with Crippen molar-refractivity contribution >= 4 is 0 Å². The second kappa shape index (κ2) is 5.69. The highest BCUT2D eigenvalue weighted by Gasteiger charge is 1.89. The highest BCUT2D eigenvalue weighted by molar-refractivity contribution is 5.14. The van der Waals surface area contributed by atoms with Crippen molar-refractivity contribution in [1.82, 2.24) is 10.9 Å². The van der Waals surface area contributed by atoms with Crippen LogP contribution in [-0.2, 0) is 6.54 Å². The maximum Gasteiger partial charge on any atom is 0.0385 e. The highest BCUT2D eigenvalue weighted by Crippen LogP contribution is 1.96. The summed E-state index contributed by atoms with van der Waals surface area (Å²) in [6.45, 7) is 1.79. The molecule has 3 heteroatoms. The van der Waals surface area contributed by atoms with E-state index < -0.39 is 0 Å². The van der Waals surface area contributed by atoms with Crippen LogP contribution in [0.4, 0.5) is 4.48 Å². The summed E-state index contributed by atoms with van der Waals surface area (Å²) in [4.78, 5) is 0. The average molecular weight is 168 g/mol. The monoisotopic (exact) mass is 168 g/mol. The first kappa shape index (κ1) is 9.16. The molecular formula is C9H13FN2. The molecule has 0 saturated carbocycles. The Morgan fingerprint density at radius 1 is 1.08 bits per heavy atom. The number of hydrogen-bond donors (Lipinski definition) is 2. The van der Waals surface area contributed by atoms with Gasteiger partial charge in [0.25, 0.3) is 0 Å². The van der Waals surface area contributed by atoms with Crippen molar-refractivity contribution in [2.24, 2.45) is 0 Å². The molecule has 1 rings (SSSR count). The lowest BCUT2D eigenvalue weighted by Crippen LogP contribution is -2.22. The lowest BCUT2D eigenvalue weighted by atomic mass is 10.2. The lowest BCUT2D eigenvalue weighted by Gasteiger charge is -2.02. The van der Waals surface area contributed by atoms with Gasteiger partial charge in [-0.3, -0.25) is 0 Å². The Hall–Kier alpha value is -0.930. The fourth-order valence-corrected chi connectivity index (χ4v) is 0.964. The zero-order chi connectivity index (χ0) is 8.65. The van der Waals surface area contributed by atoms with Crippen LogP contribution in [0, 0.1) is 0 Å². The van der Waals surface area contributed by atoms with Crippen LogP contribution in [0.1, 0.15) is 5.56 Å². The predicted molar refractivity (Wildman–Crippen MR) is 47.3 cm³/mol. The Kier molecular flexibility index (Phi) is 4.34. The first-order chi connectivity index (χ1) is 5.93. The molecule has 66 valence electrons. The summed E-state index contributed by atoms with van der Waals surface area (Å²) in [6, 6.07) is 10.0. The maximum atomic E-state index is 11.4. The quantitative estimate of drug-likeness (QED) is 0.510. The van der Waals surface area contributed by atoms with Gasteiger partial charge in [0.05, 0.1) is 0 Å². The van der Waals surface area contributed by atoms with E-state index in [0.717, 1.165) is 6.54 Å². The van der Waals surface area contributed by atoms with Crippen molar-refractivity contribution < 1.29 is 4.48 Å². The summed E-state index contributed by atoms with van der Waals surface area (Å²) in [5.41, 5.74) is 2.81. The third kappa shape index (κ3) is 3.46. The van der Waals surface area contributed by atoms with Crippen molar-refractivity contribution in [2.45, 2.75) is 6.54 Å². The minimum absolute atomic E-state index is 0.354. The Balaban J connectivity index is 2.16. The molecule has 0 aromatic heterocycles. The molecule has 2 nitrogen and oxygen atoms in total. The standard InChI is InChI=1S/C9H13FN2/c10-12-7-6-11-8-9-4-2-1-3-5-9/h1-5,11-12H,6-8H2. The predicted octanol–water partition coefficient (Wildman–Crippen LogP) is 1.25. The van der Waals surface area contributed by atoms with E-state index in [9.17, 15) is 4.48 Å². The van der Waals surface area contributed by atoms with E-state index in [0.29, 0.717) is 13.1 Å². The van der Waals surface area contributed by atoms with Gasteiger partial charge in [-0.05, 0) is 5.56 Å². The van der Waals surface area contributed by atoms with E-state index in [1.165, 1.54) is 5.56 Å². The van der Waals surface area contributed by atoms with Gasteiger partial charge < -0.3 is 5.32 Å². The molecule has 12 heavy (non-hydrogen) atoms. The normalized spacial score (nSPS) is 10.1. The minimum atomic E-state index is 0.354. The van der Waals surface area contributed by atoms with Gasteiger partial charge in [0.15, 0.2) is 0 Å². The molecular weight excluding hydrogens is 155 g/mol. The molecule has 2 N–H and O–H groups in total. The van der Waals surface area contributed by atoms with Crippen LogP contribution in [0.3, 0.4) is 0 Å². The summed E-state index contributed by atoms with van der Waals surface area (Å²) in [5, 5.41) is 3.10. The van der Waals surface area contributed by atoms with Crippen molar-refractivity contribution in [1.29, 1.82) is 0 Å². The van der Waals surface area contributed by atoms with E-state index in [-0.39, 0.29) is 0 Å². The van der Waals surface area contributed by atoms with Crippen LogP contribution >= 0.6 is 0 Å². The lowest BCUT2D eigenvalue weighted by molar-refractivity contribution is 0.333. The van der Waals surface area contributed by atoms with Crippen molar-refractivity contribution in [3.63, 3.8) is 0 Å². The SMILES string of the molecule is FNCCNCc1ccccc1. The molecule has 0 aliphatic carbocycles. The Morgan fingerprint density at radius 3 is 2.50 bits per heavy atom. The van der Waals surface area contributed by atoms with Gasteiger partial charge in [0.2, 0.25) is 0 Å². The average Bonchev–Trinajstić information content (AvgIpc) is 2.14. The van der Waals surface area contributed by atoms with Gasteiger partial charge in [-0.15, -0.1) is 4.48 Å². The van der Waals surface area contributed by atoms with Gasteiger partial charge >= 0.3 is 0 Å². The second-order valence-corrected chi connectivity index (χ2v) is 2.55. The highest BCUT2D eigenvalue weighted by atomic mass is 19.2. The van der Waals surface area contributed by atoms with E-state index in [1.54, 1.807) is 5.54 Å². The van der Waals surface area contributed by atoms with E-state index >= 15 is 0 Å². The molecule has 0 aliphatic rings. The molecule has 0 spiro atoms. The number of benzene rings is 1. The fraction of sp³-hybridized carbons (Fsp3) is 0.333. The molecule has 0 radical (unpaired) electrons. The maximum absolute atomic E-state index is 11.4. The minimum Gasteiger partial charge on any atom is -0.311 e. The topological polar surface area (TPSA) is 24.1 Å². The molecule has 0 amide bonds. The summed E-state index contributed by atoms with van der Waals surface area (Å²) < 4.78 is 11.4. The third-order valence-corrected chi connectivity index (χ3v) is 1.57.